The molecule has 16 heteroatoms. The number of benzene rings is 1. The highest BCUT2D eigenvalue weighted by molar-refractivity contribution is 7.91. The van der Waals surface area contributed by atoms with E-state index in [4.69, 9.17) is 23.9 Å². The van der Waals surface area contributed by atoms with Crippen molar-refractivity contribution in [1.82, 2.24) is 24.8 Å². The molecule has 0 radical (unpaired) electrons. The molecule has 2 N–H and O–H groups in total. The third kappa shape index (κ3) is 9.73. The molecule has 0 bridgehead atoms. The van der Waals surface area contributed by atoms with Crippen LogP contribution in [0.4, 0.5) is 0 Å². The highest BCUT2D eigenvalue weighted by Crippen LogP contribution is 2.49. The number of aryl methyl sites for hydroxylation is 2. The second kappa shape index (κ2) is 17.6. The largest absolute Gasteiger partial charge is 0.492 e. The van der Waals surface area contributed by atoms with E-state index in [-0.39, 0.29) is 31.7 Å². The molecule has 2 saturated heterocycles. The lowest BCUT2D eigenvalue weighted by Gasteiger charge is -2.37. The second-order valence-corrected chi connectivity index (χ2v) is 22.1. The number of ether oxygens (including phenoxy) is 4. The molecule has 2 aromatic rings. The second-order valence-electron chi connectivity index (χ2n) is 19.9. The third-order valence-electron chi connectivity index (χ3n) is 13.9. The maximum absolute atomic E-state index is 15.0. The first-order valence-electron chi connectivity index (χ1n) is 23.1. The standard InChI is InChI=1S/C47H65N5O10S/c1-6-36-40-34(35-27-33(14-15-37(35)48-36)60-25-22-51-20-23-59-24-21-51)16-17-46(62-40)29-38-41(54)49-47(43(56)50-63(57,58)45(5)18-19-45)28-32(47)13-11-9-7-8-10-12-31(42(55)52(38)30-46)26-39(53)61-44(2,3)4/h11,13-15,27,31-32,38H,6-10,12,16-26,28-30H2,1-5H3,(H,49,54)(H,50,56)/b13-11-/t31-,32-,38+,46-,47-/m1/s1. The summed E-state index contributed by atoms with van der Waals surface area (Å²) in [6.07, 6.45) is 10.1. The maximum atomic E-state index is 15.0. The zero-order valence-electron chi connectivity index (χ0n) is 37.6. The quantitative estimate of drug-likeness (QED) is 0.243. The van der Waals surface area contributed by atoms with Crippen LogP contribution in [0.15, 0.2) is 30.4 Å². The minimum atomic E-state index is -4.00. The Morgan fingerprint density at radius 1 is 1.06 bits per heavy atom. The lowest BCUT2D eigenvalue weighted by molar-refractivity contribution is -0.159. The van der Waals surface area contributed by atoms with Gasteiger partial charge >= 0.3 is 5.97 Å². The van der Waals surface area contributed by atoms with Crippen LogP contribution in [0, 0.1) is 11.8 Å². The highest BCUT2D eigenvalue weighted by Gasteiger charge is 2.64. The summed E-state index contributed by atoms with van der Waals surface area (Å²) in [5.74, 6) is -1.97. The first-order chi connectivity index (χ1) is 29.9. The highest BCUT2D eigenvalue weighted by atomic mass is 32.2. The van der Waals surface area contributed by atoms with E-state index >= 15 is 0 Å². The van der Waals surface area contributed by atoms with Gasteiger partial charge in [-0.3, -0.25) is 28.8 Å². The van der Waals surface area contributed by atoms with E-state index in [0.29, 0.717) is 63.7 Å². The van der Waals surface area contributed by atoms with Gasteiger partial charge in [0, 0.05) is 48.8 Å². The Balaban J connectivity index is 1.10. The predicted octanol–water partition coefficient (Wildman–Crippen LogP) is 4.91. The number of pyridine rings is 1. The molecular formula is C47H65N5O10S. The number of carbonyl (C=O) groups excluding carboxylic acids is 4. The van der Waals surface area contributed by atoms with Crippen LogP contribution in [0.2, 0.25) is 0 Å². The van der Waals surface area contributed by atoms with Crippen LogP contribution >= 0.6 is 0 Å². The van der Waals surface area contributed by atoms with Gasteiger partial charge in [0.05, 0.1) is 42.1 Å². The van der Waals surface area contributed by atoms with Crippen molar-refractivity contribution < 1.29 is 46.5 Å². The Labute approximate surface area is 371 Å². The van der Waals surface area contributed by atoms with Crippen LogP contribution in [-0.2, 0) is 51.5 Å². The van der Waals surface area contributed by atoms with Crippen LogP contribution in [0.5, 0.6) is 11.5 Å². The van der Waals surface area contributed by atoms with Gasteiger partial charge in [-0.15, -0.1) is 0 Å². The van der Waals surface area contributed by atoms with Gasteiger partial charge < -0.3 is 29.2 Å². The van der Waals surface area contributed by atoms with Gasteiger partial charge in [-0.25, -0.2) is 13.4 Å². The summed E-state index contributed by atoms with van der Waals surface area (Å²) in [4.78, 5) is 66.2. The normalized spacial score (nSPS) is 29.2. The van der Waals surface area contributed by atoms with E-state index in [1.165, 1.54) is 0 Å². The lowest BCUT2D eigenvalue weighted by Crippen LogP contribution is -2.57. The van der Waals surface area contributed by atoms with Crippen LogP contribution in [0.1, 0.15) is 117 Å². The molecule has 5 atom stereocenters. The van der Waals surface area contributed by atoms with Crippen molar-refractivity contribution in [1.29, 1.82) is 0 Å². The number of rotatable bonds is 10. The number of morpholine rings is 1. The Morgan fingerprint density at radius 2 is 1.84 bits per heavy atom. The molecule has 1 aromatic heterocycles. The maximum Gasteiger partial charge on any atom is 0.307 e. The summed E-state index contributed by atoms with van der Waals surface area (Å²) in [7, 11) is -4.00. The van der Waals surface area contributed by atoms with E-state index in [9.17, 15) is 27.6 Å². The fourth-order valence-corrected chi connectivity index (χ4v) is 11.1. The molecule has 4 fully saturated rings. The number of fused-ring (bicyclic) bond motifs is 5. The zero-order chi connectivity index (χ0) is 44.8. The molecule has 344 valence electrons. The Bertz CT molecular complexity index is 2250. The Hall–Kier alpha value is -4.28. The fraction of sp³-hybridized carbons (Fsp3) is 0.681. The molecule has 63 heavy (non-hydrogen) atoms. The van der Waals surface area contributed by atoms with Gasteiger partial charge in [0.2, 0.25) is 21.8 Å². The van der Waals surface area contributed by atoms with Gasteiger partial charge in [-0.2, -0.15) is 0 Å². The smallest absolute Gasteiger partial charge is 0.307 e. The molecule has 1 aromatic carbocycles. The van der Waals surface area contributed by atoms with Gasteiger partial charge in [0.1, 0.15) is 40.9 Å². The number of allylic oxidation sites excluding steroid dienone is 1. The van der Waals surface area contributed by atoms with Crippen LogP contribution in [0.3, 0.4) is 0 Å². The minimum absolute atomic E-state index is 0.0787. The predicted molar refractivity (Wildman–Crippen MR) is 236 cm³/mol. The van der Waals surface area contributed by atoms with Crippen LogP contribution < -0.4 is 19.5 Å². The number of carbonyl (C=O) groups is 4. The van der Waals surface area contributed by atoms with Gasteiger partial charge in [-0.1, -0.05) is 31.9 Å². The summed E-state index contributed by atoms with van der Waals surface area (Å²) in [6, 6.07) is 4.88. The monoisotopic (exact) mass is 891 g/mol. The summed E-state index contributed by atoms with van der Waals surface area (Å²) < 4.78 is 52.5. The number of sulfonamides is 1. The van der Waals surface area contributed by atoms with E-state index < -0.39 is 67.2 Å². The molecule has 8 rings (SSSR count). The van der Waals surface area contributed by atoms with Crippen molar-refractivity contribution >= 4 is 44.6 Å². The zero-order valence-corrected chi connectivity index (χ0v) is 38.4. The fourth-order valence-electron chi connectivity index (χ4n) is 9.74. The van der Waals surface area contributed by atoms with Crippen molar-refractivity contribution in [3.05, 3.63) is 41.6 Å². The van der Waals surface area contributed by atoms with E-state index in [2.05, 4.69) is 14.9 Å². The molecular weight excluding hydrogens is 827 g/mol. The number of hydrogen-bond donors (Lipinski definition) is 2. The van der Waals surface area contributed by atoms with Crippen LogP contribution in [0.25, 0.3) is 10.9 Å². The van der Waals surface area contributed by atoms with E-state index in [1.807, 2.05) is 37.3 Å². The molecule has 15 nitrogen and oxygen atoms in total. The van der Waals surface area contributed by atoms with Crippen molar-refractivity contribution in [2.45, 2.75) is 146 Å². The lowest BCUT2D eigenvalue weighted by atomic mass is 9.87. The molecule has 1 spiro atoms. The molecule has 6 aliphatic rings. The van der Waals surface area contributed by atoms with E-state index in [1.54, 1.807) is 32.6 Å². The number of aromatic nitrogens is 1. The molecule has 3 amide bonds. The van der Waals surface area contributed by atoms with Crippen molar-refractivity contribution in [2.24, 2.45) is 11.8 Å². The third-order valence-corrected chi connectivity index (χ3v) is 16.1. The van der Waals surface area contributed by atoms with Gasteiger partial charge in [0.15, 0.2) is 0 Å². The SMILES string of the molecule is CCc1nc2ccc(OCCN3CCOCC3)cc2c2c1O[C@]1(CC2)C[C@H]2C(=O)N[C@]3(C(=O)NS(=O)(=O)C4(C)CC4)C[C@H]3/C=C\CCCCC[C@H](CC(=O)OC(C)(C)C)C(=O)N2C1. The molecule has 4 aliphatic heterocycles. The number of nitrogens with one attached hydrogen (secondary N) is 2. The van der Waals surface area contributed by atoms with Gasteiger partial charge in [-0.05, 0) is 104 Å². The van der Waals surface area contributed by atoms with Crippen molar-refractivity contribution in [2.75, 3.05) is 46.0 Å². The Kier molecular flexibility index (Phi) is 12.7. The molecule has 5 heterocycles. The number of amides is 3. The van der Waals surface area contributed by atoms with Gasteiger partial charge in [0.25, 0.3) is 5.91 Å². The first-order valence-corrected chi connectivity index (χ1v) is 24.6. The first kappa shape index (κ1) is 45.3. The van der Waals surface area contributed by atoms with E-state index in [0.717, 1.165) is 73.6 Å². The number of esters is 1. The minimum Gasteiger partial charge on any atom is -0.492 e. The van der Waals surface area contributed by atoms with Crippen molar-refractivity contribution in [3.63, 3.8) is 0 Å². The summed E-state index contributed by atoms with van der Waals surface area (Å²) in [5.41, 5.74) is -0.640. The average molecular weight is 892 g/mol. The molecule has 0 unspecified atom stereocenters. The van der Waals surface area contributed by atoms with Crippen LogP contribution in [-0.4, -0.2) is 120 Å². The summed E-state index contributed by atoms with van der Waals surface area (Å²) in [5, 5.41) is 3.92. The molecule has 2 saturated carbocycles. The van der Waals surface area contributed by atoms with Crippen molar-refractivity contribution in [3.8, 4) is 11.5 Å². The summed E-state index contributed by atoms with van der Waals surface area (Å²) in [6.45, 7) is 13.6. The number of hydrogen-bond acceptors (Lipinski definition) is 12. The Morgan fingerprint density at radius 3 is 2.57 bits per heavy atom. The average Bonchev–Trinajstić information content (AvgIpc) is 4.13. The number of nitrogens with zero attached hydrogens (tertiary/aromatic N) is 3. The topological polar surface area (TPSA) is 183 Å². The molecule has 2 aliphatic carbocycles. The summed E-state index contributed by atoms with van der Waals surface area (Å²) >= 11 is 0.